The van der Waals surface area contributed by atoms with Gasteiger partial charge in [0, 0.05) is 32.5 Å². The molecule has 0 aliphatic rings. The van der Waals surface area contributed by atoms with E-state index < -0.39 is 0 Å². The summed E-state index contributed by atoms with van der Waals surface area (Å²) in [6, 6.07) is 40.6. The molecular formula is C29H22IrN2-2. The molecule has 3 heteroatoms. The number of nitrogens with zero attached hydrogens (tertiary/aromatic N) is 2. The first kappa shape index (κ1) is 23.3. The number of benzene rings is 3. The van der Waals surface area contributed by atoms with Crippen LogP contribution in [0.5, 0.6) is 0 Å². The molecule has 0 atom stereocenters. The van der Waals surface area contributed by atoms with Gasteiger partial charge in [0.15, 0.2) is 0 Å². The van der Waals surface area contributed by atoms with Crippen LogP contribution in [0.2, 0.25) is 0 Å². The van der Waals surface area contributed by atoms with Gasteiger partial charge >= 0.3 is 0 Å². The van der Waals surface area contributed by atoms with Crippen molar-refractivity contribution in [3.05, 3.63) is 133 Å². The molecule has 0 aliphatic carbocycles. The molecule has 0 saturated carbocycles. The summed E-state index contributed by atoms with van der Waals surface area (Å²) < 4.78 is 0. The molecule has 1 radical (unpaired) electrons. The maximum atomic E-state index is 4.37. The smallest absolute Gasteiger partial charge is 0.0160 e. The Hall–Kier alpha value is -3.39. The standard InChI is InChI=1S/C18H14N.C11H8N.Ir/c1-14-7-2-3-10-17(14)15-8-6-9-16(13-15)18-11-4-5-12-19-18;1-2-6-10(7-3-1)11-8-4-5-9-12-11;/h2-8,10-13H,1H3;1-6,8-9H;/q2*-1;. The van der Waals surface area contributed by atoms with Gasteiger partial charge in [-0.15, -0.1) is 71.3 Å². The summed E-state index contributed by atoms with van der Waals surface area (Å²) in [5.74, 6) is 0. The van der Waals surface area contributed by atoms with Crippen LogP contribution < -0.4 is 0 Å². The van der Waals surface area contributed by atoms with Gasteiger partial charge in [-0.25, -0.2) is 0 Å². The third kappa shape index (κ3) is 6.07. The third-order valence-corrected chi connectivity index (χ3v) is 4.85. The Morgan fingerprint density at radius 3 is 1.84 bits per heavy atom. The number of pyridine rings is 2. The summed E-state index contributed by atoms with van der Waals surface area (Å²) in [7, 11) is 0. The molecule has 2 nitrogen and oxygen atoms in total. The summed E-state index contributed by atoms with van der Waals surface area (Å²) in [4.78, 5) is 8.59. The maximum absolute atomic E-state index is 4.37. The molecule has 2 aromatic heterocycles. The second kappa shape index (κ2) is 11.9. The van der Waals surface area contributed by atoms with Crippen molar-refractivity contribution >= 4 is 0 Å². The summed E-state index contributed by atoms with van der Waals surface area (Å²) in [6.07, 6.45) is 3.60. The Morgan fingerprint density at radius 2 is 1.22 bits per heavy atom. The van der Waals surface area contributed by atoms with E-state index in [0.717, 1.165) is 22.5 Å². The molecule has 2 heterocycles. The molecular weight excluding hydrogens is 569 g/mol. The van der Waals surface area contributed by atoms with Crippen molar-refractivity contribution in [1.29, 1.82) is 0 Å². The first-order valence-corrected chi connectivity index (χ1v) is 10.2. The van der Waals surface area contributed by atoms with Gasteiger partial charge in [0.2, 0.25) is 0 Å². The molecule has 0 bridgehead atoms. The normalized spacial score (nSPS) is 9.78. The summed E-state index contributed by atoms with van der Waals surface area (Å²) in [5.41, 5.74) is 7.74. The second-order valence-corrected chi connectivity index (χ2v) is 7.01. The Kier molecular flexibility index (Phi) is 8.62. The van der Waals surface area contributed by atoms with Crippen LogP contribution in [0.15, 0.2) is 116 Å². The Balaban J connectivity index is 0.000000193. The van der Waals surface area contributed by atoms with Crippen molar-refractivity contribution in [3.63, 3.8) is 0 Å². The average molecular weight is 591 g/mol. The minimum Gasteiger partial charge on any atom is -0.305 e. The van der Waals surface area contributed by atoms with Gasteiger partial charge in [-0.05, 0) is 41.6 Å². The van der Waals surface area contributed by atoms with Crippen LogP contribution >= 0.6 is 0 Å². The van der Waals surface area contributed by atoms with Crippen LogP contribution in [0.25, 0.3) is 33.6 Å². The van der Waals surface area contributed by atoms with Crippen LogP contribution in [0.1, 0.15) is 5.56 Å². The van der Waals surface area contributed by atoms with E-state index in [1.54, 1.807) is 6.20 Å². The fourth-order valence-corrected chi connectivity index (χ4v) is 3.28. The fourth-order valence-electron chi connectivity index (χ4n) is 3.28. The van der Waals surface area contributed by atoms with Crippen molar-refractivity contribution in [2.75, 3.05) is 0 Å². The van der Waals surface area contributed by atoms with Gasteiger partial charge < -0.3 is 9.97 Å². The molecule has 0 amide bonds. The van der Waals surface area contributed by atoms with Gasteiger partial charge in [-0.3, -0.25) is 0 Å². The molecule has 0 N–H and O–H groups in total. The van der Waals surface area contributed by atoms with E-state index in [1.165, 1.54) is 16.7 Å². The van der Waals surface area contributed by atoms with Gasteiger partial charge in [-0.2, -0.15) is 0 Å². The molecule has 5 aromatic rings. The van der Waals surface area contributed by atoms with Crippen molar-refractivity contribution < 1.29 is 20.1 Å². The average Bonchev–Trinajstić information content (AvgIpc) is 2.86. The molecule has 5 rings (SSSR count). The van der Waals surface area contributed by atoms with E-state index >= 15 is 0 Å². The summed E-state index contributed by atoms with van der Waals surface area (Å²) in [6.45, 7) is 2.13. The maximum Gasteiger partial charge on any atom is 0.0160 e. The zero-order chi connectivity index (χ0) is 21.3. The molecule has 32 heavy (non-hydrogen) atoms. The van der Waals surface area contributed by atoms with Gasteiger partial charge in [-0.1, -0.05) is 48.5 Å². The van der Waals surface area contributed by atoms with Crippen LogP contribution in [0.4, 0.5) is 0 Å². The Bertz CT molecular complexity index is 1190. The quantitative estimate of drug-likeness (QED) is 0.210. The number of hydrogen-bond acceptors (Lipinski definition) is 2. The van der Waals surface area contributed by atoms with Crippen LogP contribution in [-0.4, -0.2) is 9.97 Å². The fraction of sp³-hybridized carbons (Fsp3) is 0.0345. The van der Waals surface area contributed by atoms with E-state index in [2.05, 4.69) is 65.4 Å². The van der Waals surface area contributed by atoms with Gasteiger partial charge in [0.25, 0.3) is 0 Å². The van der Waals surface area contributed by atoms with E-state index in [1.807, 2.05) is 72.9 Å². The predicted octanol–water partition coefficient (Wildman–Crippen LogP) is 7.07. The SMILES string of the molecule is Cc1ccccc1-c1cc[c-]c(-c2ccccn2)c1.[Ir].[c-]1ccccc1-c1ccccn1. The van der Waals surface area contributed by atoms with E-state index in [4.69, 9.17) is 0 Å². The number of hydrogen-bond donors (Lipinski definition) is 0. The van der Waals surface area contributed by atoms with Crippen LogP contribution in [0, 0.1) is 19.1 Å². The molecule has 0 aliphatic heterocycles. The van der Waals surface area contributed by atoms with Crippen molar-refractivity contribution in [3.8, 4) is 33.6 Å². The Morgan fingerprint density at radius 1 is 0.594 bits per heavy atom. The van der Waals surface area contributed by atoms with E-state index in [-0.39, 0.29) is 20.1 Å². The molecule has 3 aromatic carbocycles. The van der Waals surface area contributed by atoms with Crippen molar-refractivity contribution in [2.45, 2.75) is 6.92 Å². The first-order valence-electron chi connectivity index (χ1n) is 10.2. The number of aryl methyl sites for hydroxylation is 1. The molecule has 0 spiro atoms. The minimum atomic E-state index is 0. The monoisotopic (exact) mass is 591 g/mol. The molecule has 0 fully saturated rings. The van der Waals surface area contributed by atoms with Gasteiger partial charge in [0.05, 0.1) is 0 Å². The number of aromatic nitrogens is 2. The molecule has 0 saturated heterocycles. The van der Waals surface area contributed by atoms with E-state index in [9.17, 15) is 0 Å². The van der Waals surface area contributed by atoms with Crippen molar-refractivity contribution in [1.82, 2.24) is 9.97 Å². The van der Waals surface area contributed by atoms with Crippen LogP contribution in [0.3, 0.4) is 0 Å². The summed E-state index contributed by atoms with van der Waals surface area (Å²) >= 11 is 0. The first-order chi connectivity index (χ1) is 15.3. The largest absolute Gasteiger partial charge is 0.305 e. The van der Waals surface area contributed by atoms with Crippen LogP contribution in [-0.2, 0) is 20.1 Å². The topological polar surface area (TPSA) is 25.8 Å². The zero-order valence-electron chi connectivity index (χ0n) is 17.7. The third-order valence-electron chi connectivity index (χ3n) is 4.85. The predicted molar refractivity (Wildman–Crippen MR) is 127 cm³/mol. The van der Waals surface area contributed by atoms with Crippen molar-refractivity contribution in [2.24, 2.45) is 0 Å². The molecule has 159 valence electrons. The zero-order valence-corrected chi connectivity index (χ0v) is 20.1. The summed E-state index contributed by atoms with van der Waals surface area (Å²) in [5, 5.41) is 0. The Labute approximate surface area is 203 Å². The van der Waals surface area contributed by atoms with E-state index in [0.29, 0.717) is 0 Å². The number of rotatable bonds is 3. The second-order valence-electron chi connectivity index (χ2n) is 7.01. The minimum absolute atomic E-state index is 0. The van der Waals surface area contributed by atoms with Gasteiger partial charge in [0.1, 0.15) is 0 Å². The molecule has 0 unspecified atom stereocenters.